The summed E-state index contributed by atoms with van der Waals surface area (Å²) in [6.07, 6.45) is 1.49. The summed E-state index contributed by atoms with van der Waals surface area (Å²) >= 11 is 1.08. The normalized spacial score (nSPS) is 20.3. The number of hydrogen-bond donors (Lipinski definition) is 3. The number of carbonyl (C=O) groups excluding carboxylic acids is 2. The minimum absolute atomic E-state index is 0.139. The monoisotopic (exact) mass is 690 g/mol. The van der Waals surface area contributed by atoms with Gasteiger partial charge in [-0.15, -0.1) is 11.3 Å². The number of carbonyl (C=O) groups is 2. The second-order valence-electron chi connectivity index (χ2n) is 11.9. The largest absolute Gasteiger partial charge is 0.490 e. The molecule has 0 spiro atoms. The zero-order valence-electron chi connectivity index (χ0n) is 27.0. The van der Waals surface area contributed by atoms with Crippen LogP contribution in [0.25, 0.3) is 0 Å². The van der Waals surface area contributed by atoms with Crippen LogP contribution in [0.3, 0.4) is 0 Å². The molecule has 2 aromatic carbocycles. The predicted molar refractivity (Wildman–Crippen MR) is 180 cm³/mol. The van der Waals surface area contributed by atoms with Crippen LogP contribution < -0.4 is 14.8 Å². The number of aliphatic hydroxyl groups excluding tert-OH is 1. The summed E-state index contributed by atoms with van der Waals surface area (Å²) in [5.74, 6) is -0.836. The Morgan fingerprint density at radius 3 is 2.55 bits per heavy atom. The Kier molecular flexibility index (Phi) is 12.6. The zero-order valence-corrected chi connectivity index (χ0v) is 28.7. The number of urea groups is 1. The van der Waals surface area contributed by atoms with E-state index in [1.165, 1.54) is 46.2 Å². The summed E-state index contributed by atoms with van der Waals surface area (Å²) in [5.41, 5.74) is 0.799. The molecule has 0 radical (unpaired) electrons. The molecule has 0 unspecified atom stereocenters. The van der Waals surface area contributed by atoms with Crippen LogP contribution in [0.1, 0.15) is 50.4 Å². The van der Waals surface area contributed by atoms with E-state index in [1.54, 1.807) is 37.6 Å². The van der Waals surface area contributed by atoms with Crippen LogP contribution in [0.2, 0.25) is 0 Å². The van der Waals surface area contributed by atoms with Crippen LogP contribution in [-0.2, 0) is 14.8 Å². The van der Waals surface area contributed by atoms with Crippen molar-refractivity contribution in [1.29, 1.82) is 0 Å². The van der Waals surface area contributed by atoms with Crippen LogP contribution in [0.15, 0.2) is 64.2 Å². The van der Waals surface area contributed by atoms with Crippen molar-refractivity contribution in [3.63, 3.8) is 0 Å². The molecule has 1 aliphatic rings. The fraction of sp³-hybridized carbons (Fsp3) is 0.455. The average Bonchev–Trinajstić information content (AvgIpc) is 3.60. The summed E-state index contributed by atoms with van der Waals surface area (Å²) in [6, 6.07) is 12.2. The number of halogens is 1. The van der Waals surface area contributed by atoms with Crippen molar-refractivity contribution in [2.24, 2.45) is 5.92 Å². The number of nitrogens with zero attached hydrogens (tertiary/aromatic N) is 2. The molecule has 3 amide bonds. The first-order valence-corrected chi connectivity index (χ1v) is 17.9. The van der Waals surface area contributed by atoms with E-state index in [-0.39, 0.29) is 47.2 Å². The van der Waals surface area contributed by atoms with E-state index in [9.17, 15) is 27.5 Å². The van der Waals surface area contributed by atoms with Gasteiger partial charge in [-0.1, -0.05) is 13.0 Å². The first-order valence-electron chi connectivity index (χ1n) is 15.6. The lowest BCUT2D eigenvalue weighted by molar-refractivity contribution is -0.0115. The molecule has 2 heterocycles. The van der Waals surface area contributed by atoms with E-state index >= 15 is 0 Å². The Bertz CT molecular complexity index is 1590. The van der Waals surface area contributed by atoms with Gasteiger partial charge in [0.15, 0.2) is 0 Å². The predicted octanol–water partition coefficient (Wildman–Crippen LogP) is 5.65. The molecule has 1 aromatic heterocycles. The van der Waals surface area contributed by atoms with Crippen molar-refractivity contribution in [1.82, 2.24) is 9.80 Å². The fourth-order valence-corrected chi connectivity index (χ4v) is 7.22. The van der Waals surface area contributed by atoms with E-state index in [0.29, 0.717) is 24.5 Å². The smallest absolute Gasteiger partial charge is 0.321 e. The van der Waals surface area contributed by atoms with Crippen LogP contribution in [0.4, 0.5) is 20.6 Å². The maximum absolute atomic E-state index is 14.3. The number of ether oxygens (including phenoxy) is 2. The molecule has 0 saturated carbocycles. The second-order valence-corrected chi connectivity index (χ2v) is 14.7. The number of thiophene rings is 1. The van der Waals surface area contributed by atoms with Crippen molar-refractivity contribution >= 4 is 44.7 Å². The number of amides is 3. The van der Waals surface area contributed by atoms with Crippen molar-refractivity contribution in [3.8, 4) is 5.75 Å². The van der Waals surface area contributed by atoms with Crippen LogP contribution >= 0.6 is 11.3 Å². The number of aliphatic hydroxyl groups is 1. The molecule has 256 valence electrons. The van der Waals surface area contributed by atoms with Crippen LogP contribution in [0.5, 0.6) is 5.75 Å². The first-order chi connectivity index (χ1) is 22.4. The standard InChI is InChI=1S/C33H43FN4O7S2/c1-22-19-38(23(2)21-39)32(40)28-18-27(36-47(42,43)31-9-7-17-46-31)14-15-29(28)45-24(3)8-5-6-16-44-30(22)20-37(4)33(41)35-26-12-10-25(34)11-13-26/h7,9-15,17-18,22-24,30,36,39H,5-6,8,16,19-21H2,1-4H3,(H,35,41)/t22-,23-,24-,30-/m0/s1. The lowest BCUT2D eigenvalue weighted by Gasteiger charge is -2.35. The third-order valence-electron chi connectivity index (χ3n) is 7.96. The summed E-state index contributed by atoms with van der Waals surface area (Å²) in [7, 11) is -2.24. The number of benzene rings is 2. The van der Waals surface area contributed by atoms with Gasteiger partial charge in [0.05, 0.1) is 30.4 Å². The highest BCUT2D eigenvalue weighted by molar-refractivity contribution is 7.94. The quantitative estimate of drug-likeness (QED) is 0.278. The number of hydrogen-bond acceptors (Lipinski definition) is 8. The molecular formula is C33H43FN4O7S2. The van der Waals surface area contributed by atoms with Gasteiger partial charge >= 0.3 is 6.03 Å². The summed E-state index contributed by atoms with van der Waals surface area (Å²) in [5, 5.41) is 14.6. The van der Waals surface area contributed by atoms with Crippen molar-refractivity contribution in [2.75, 3.05) is 43.4 Å². The number of anilines is 2. The van der Waals surface area contributed by atoms with Gasteiger partial charge in [-0.3, -0.25) is 9.52 Å². The highest BCUT2D eigenvalue weighted by atomic mass is 32.2. The SMILES string of the molecule is C[C@H]1CCCCO[C@@H](CN(C)C(=O)Nc2ccc(F)cc2)[C@@H](C)CN([C@@H](C)CO)C(=O)c2cc(NS(=O)(=O)c3cccs3)ccc2O1. The van der Waals surface area contributed by atoms with Gasteiger partial charge in [-0.2, -0.15) is 0 Å². The number of fused-ring (bicyclic) bond motifs is 1. The molecule has 14 heteroatoms. The highest BCUT2D eigenvalue weighted by Gasteiger charge is 2.31. The van der Waals surface area contributed by atoms with Gasteiger partial charge < -0.3 is 29.7 Å². The van der Waals surface area contributed by atoms with E-state index in [4.69, 9.17) is 9.47 Å². The minimum atomic E-state index is -3.87. The Morgan fingerprint density at radius 2 is 1.87 bits per heavy atom. The Hall–Kier alpha value is -3.72. The lowest BCUT2D eigenvalue weighted by Crippen LogP contribution is -2.48. The summed E-state index contributed by atoms with van der Waals surface area (Å²) < 4.78 is 54.5. The summed E-state index contributed by atoms with van der Waals surface area (Å²) in [4.78, 5) is 30.3. The molecule has 3 aromatic rings. The van der Waals surface area contributed by atoms with Crippen LogP contribution in [0, 0.1) is 11.7 Å². The number of likely N-dealkylation sites (N-methyl/N-ethyl adjacent to an activating group) is 1. The molecular weight excluding hydrogens is 648 g/mol. The highest BCUT2D eigenvalue weighted by Crippen LogP contribution is 2.30. The number of rotatable bonds is 8. The maximum Gasteiger partial charge on any atom is 0.321 e. The fourth-order valence-electron chi connectivity index (χ4n) is 5.18. The molecule has 11 nitrogen and oxygen atoms in total. The molecule has 4 atom stereocenters. The van der Waals surface area contributed by atoms with Crippen LogP contribution in [-0.4, -0.2) is 86.9 Å². The molecule has 4 rings (SSSR count). The first kappa shape index (κ1) is 36.1. The van der Waals surface area contributed by atoms with Gasteiger partial charge in [-0.25, -0.2) is 17.6 Å². The van der Waals surface area contributed by atoms with E-state index in [0.717, 1.165) is 24.2 Å². The Labute approximate surface area is 279 Å². The molecule has 0 aliphatic carbocycles. The molecule has 0 saturated heterocycles. The molecule has 3 N–H and O–H groups in total. The van der Waals surface area contributed by atoms with Gasteiger partial charge in [-0.05, 0) is 87.0 Å². The van der Waals surface area contributed by atoms with Crippen molar-refractivity contribution in [3.05, 3.63) is 71.4 Å². The summed E-state index contributed by atoms with van der Waals surface area (Å²) in [6.45, 7) is 6.02. The van der Waals surface area contributed by atoms with Crippen molar-refractivity contribution in [2.45, 2.75) is 62.5 Å². The molecule has 47 heavy (non-hydrogen) atoms. The van der Waals surface area contributed by atoms with Gasteiger partial charge in [0, 0.05) is 44.0 Å². The van der Waals surface area contributed by atoms with Gasteiger partial charge in [0.25, 0.3) is 15.9 Å². The van der Waals surface area contributed by atoms with Gasteiger partial charge in [0.2, 0.25) is 0 Å². The zero-order chi connectivity index (χ0) is 34.1. The minimum Gasteiger partial charge on any atom is -0.490 e. The topological polar surface area (TPSA) is 138 Å². The maximum atomic E-state index is 14.3. The van der Waals surface area contributed by atoms with E-state index in [2.05, 4.69) is 10.0 Å². The molecule has 0 bridgehead atoms. The Morgan fingerprint density at radius 1 is 1.15 bits per heavy atom. The van der Waals surface area contributed by atoms with Crippen molar-refractivity contribution < 1.29 is 37.0 Å². The number of nitrogens with one attached hydrogen (secondary N) is 2. The third-order valence-corrected chi connectivity index (χ3v) is 10.7. The average molecular weight is 691 g/mol. The second kappa shape index (κ2) is 16.4. The molecule has 0 fully saturated rings. The van der Waals surface area contributed by atoms with E-state index in [1.807, 2.05) is 13.8 Å². The molecule has 1 aliphatic heterocycles. The Balaban J connectivity index is 1.61. The lowest BCUT2D eigenvalue weighted by atomic mass is 10.0. The third kappa shape index (κ3) is 9.89. The van der Waals surface area contributed by atoms with Gasteiger partial charge in [0.1, 0.15) is 15.8 Å². The number of sulfonamides is 1. The van der Waals surface area contributed by atoms with E-state index < -0.39 is 39.9 Å².